The quantitative estimate of drug-likeness (QED) is 0.704. The van der Waals surface area contributed by atoms with Crippen LogP contribution in [0.2, 0.25) is 0 Å². The molecule has 80 valence electrons. The molecule has 2 aliphatic rings. The van der Waals surface area contributed by atoms with Crippen LogP contribution in [0.3, 0.4) is 0 Å². The summed E-state index contributed by atoms with van der Waals surface area (Å²) in [4.78, 5) is 11.3. The molecule has 0 amide bonds. The van der Waals surface area contributed by atoms with Gasteiger partial charge in [0.25, 0.3) is 0 Å². The fraction of sp³-hybridized carbons (Fsp3) is 0.900. The van der Waals surface area contributed by atoms with Crippen LogP contribution in [-0.2, 0) is 9.53 Å². The van der Waals surface area contributed by atoms with Crippen molar-refractivity contribution < 1.29 is 14.6 Å². The van der Waals surface area contributed by atoms with Crippen molar-refractivity contribution in [3.05, 3.63) is 0 Å². The monoisotopic (exact) mass is 199 g/mol. The van der Waals surface area contributed by atoms with Gasteiger partial charge >= 0.3 is 5.97 Å². The van der Waals surface area contributed by atoms with E-state index >= 15 is 0 Å². The molecule has 1 saturated carbocycles. The zero-order valence-corrected chi connectivity index (χ0v) is 8.45. The minimum Gasteiger partial charge on any atom is -0.480 e. The lowest BCUT2D eigenvalue weighted by atomic mass is 9.87. The molecule has 4 heteroatoms. The third kappa shape index (κ3) is 1.91. The summed E-state index contributed by atoms with van der Waals surface area (Å²) < 4.78 is 5.38. The van der Waals surface area contributed by atoms with Crippen molar-refractivity contribution >= 4 is 5.97 Å². The zero-order chi connectivity index (χ0) is 10.2. The number of hydrogen-bond acceptors (Lipinski definition) is 3. The van der Waals surface area contributed by atoms with Gasteiger partial charge in [0, 0.05) is 19.1 Å². The average Bonchev–Trinajstić information content (AvgIpc) is 2.88. The van der Waals surface area contributed by atoms with Gasteiger partial charge in [-0.1, -0.05) is 0 Å². The Balaban J connectivity index is 2.06. The largest absolute Gasteiger partial charge is 0.480 e. The summed E-state index contributed by atoms with van der Waals surface area (Å²) in [7, 11) is 0. The van der Waals surface area contributed by atoms with Gasteiger partial charge in [0.15, 0.2) is 0 Å². The van der Waals surface area contributed by atoms with Crippen molar-refractivity contribution in [3.63, 3.8) is 0 Å². The van der Waals surface area contributed by atoms with Gasteiger partial charge in [0.1, 0.15) is 5.54 Å². The van der Waals surface area contributed by atoms with Crippen LogP contribution in [0.5, 0.6) is 0 Å². The summed E-state index contributed by atoms with van der Waals surface area (Å²) in [6.45, 7) is 2.48. The lowest BCUT2D eigenvalue weighted by molar-refractivity contribution is -0.151. The number of rotatable bonds is 3. The Morgan fingerprint density at radius 2 is 2.29 bits per heavy atom. The molecule has 2 rings (SSSR count). The molecule has 1 saturated heterocycles. The van der Waals surface area contributed by atoms with E-state index in [4.69, 9.17) is 4.74 Å². The van der Waals surface area contributed by atoms with Gasteiger partial charge in [-0.15, -0.1) is 0 Å². The minimum absolute atomic E-state index is 0.0473. The Kier molecular flexibility index (Phi) is 2.49. The summed E-state index contributed by atoms with van der Waals surface area (Å²) in [5, 5.41) is 12.5. The molecular formula is C10H17NO3. The van der Waals surface area contributed by atoms with Gasteiger partial charge in [-0.2, -0.15) is 0 Å². The first-order valence-electron chi connectivity index (χ1n) is 5.25. The molecule has 0 aromatic carbocycles. The highest BCUT2D eigenvalue weighted by Gasteiger charge is 2.45. The van der Waals surface area contributed by atoms with E-state index in [1.807, 2.05) is 6.92 Å². The number of carboxylic acids is 1. The van der Waals surface area contributed by atoms with Crippen LogP contribution in [0.1, 0.15) is 32.6 Å². The molecule has 0 bridgehead atoms. The van der Waals surface area contributed by atoms with Crippen LogP contribution in [0, 0.1) is 0 Å². The second-order valence-electron chi connectivity index (χ2n) is 4.44. The zero-order valence-electron chi connectivity index (χ0n) is 8.45. The van der Waals surface area contributed by atoms with Crippen LogP contribution in [0.4, 0.5) is 0 Å². The maximum atomic E-state index is 11.3. The lowest BCUT2D eigenvalue weighted by Crippen LogP contribution is -2.57. The van der Waals surface area contributed by atoms with E-state index in [0.717, 1.165) is 12.8 Å². The Bertz CT molecular complexity index is 236. The van der Waals surface area contributed by atoms with Crippen molar-refractivity contribution in [1.29, 1.82) is 0 Å². The Labute approximate surface area is 83.6 Å². The summed E-state index contributed by atoms with van der Waals surface area (Å²) in [5.41, 5.74) is -0.723. The molecule has 2 unspecified atom stereocenters. The van der Waals surface area contributed by atoms with E-state index in [2.05, 4.69) is 5.32 Å². The molecule has 0 aromatic rings. The highest BCUT2D eigenvalue weighted by molar-refractivity contribution is 5.79. The van der Waals surface area contributed by atoms with Crippen molar-refractivity contribution in [1.82, 2.24) is 5.32 Å². The highest BCUT2D eigenvalue weighted by atomic mass is 16.5. The Morgan fingerprint density at radius 3 is 2.79 bits per heavy atom. The predicted molar refractivity (Wildman–Crippen MR) is 51.2 cm³/mol. The molecule has 2 N–H and O–H groups in total. The molecule has 1 aliphatic carbocycles. The van der Waals surface area contributed by atoms with Crippen LogP contribution in [0.25, 0.3) is 0 Å². The van der Waals surface area contributed by atoms with Crippen molar-refractivity contribution in [2.75, 3.05) is 6.61 Å². The number of hydrogen-bond donors (Lipinski definition) is 2. The van der Waals surface area contributed by atoms with Gasteiger partial charge in [-0.05, 0) is 26.2 Å². The van der Waals surface area contributed by atoms with Crippen molar-refractivity contribution in [2.45, 2.75) is 50.3 Å². The summed E-state index contributed by atoms with van der Waals surface area (Å²) in [6, 6.07) is 0.427. The van der Waals surface area contributed by atoms with Crippen LogP contribution in [0.15, 0.2) is 0 Å². The van der Waals surface area contributed by atoms with Crippen LogP contribution in [-0.4, -0.2) is 35.4 Å². The molecule has 0 spiro atoms. The maximum Gasteiger partial charge on any atom is 0.324 e. The molecule has 1 aliphatic heterocycles. The third-order valence-electron chi connectivity index (χ3n) is 3.03. The molecule has 2 atom stereocenters. The predicted octanol–water partition coefficient (Wildman–Crippen LogP) is 0.761. The van der Waals surface area contributed by atoms with Crippen molar-refractivity contribution in [3.8, 4) is 0 Å². The number of nitrogens with one attached hydrogen (secondary N) is 1. The van der Waals surface area contributed by atoms with E-state index < -0.39 is 11.5 Å². The van der Waals surface area contributed by atoms with Gasteiger partial charge in [-0.3, -0.25) is 10.1 Å². The van der Waals surface area contributed by atoms with E-state index in [9.17, 15) is 9.90 Å². The summed E-state index contributed by atoms with van der Waals surface area (Å²) in [6.07, 6.45) is 3.45. The minimum atomic E-state index is -0.723. The topological polar surface area (TPSA) is 58.6 Å². The molecule has 14 heavy (non-hydrogen) atoms. The summed E-state index contributed by atoms with van der Waals surface area (Å²) >= 11 is 0. The molecule has 1 heterocycles. The maximum absolute atomic E-state index is 11.3. The molecule has 0 aromatic heterocycles. The normalized spacial score (nSPS) is 38.2. The first kappa shape index (κ1) is 9.93. The Morgan fingerprint density at radius 1 is 1.57 bits per heavy atom. The SMILES string of the molecule is CC1CC(NC2CC2)(C(=O)O)CCO1. The van der Waals surface area contributed by atoms with Gasteiger partial charge in [-0.25, -0.2) is 0 Å². The average molecular weight is 199 g/mol. The van der Waals surface area contributed by atoms with Crippen molar-refractivity contribution in [2.24, 2.45) is 0 Å². The smallest absolute Gasteiger partial charge is 0.324 e. The molecule has 4 nitrogen and oxygen atoms in total. The van der Waals surface area contributed by atoms with Crippen LogP contribution < -0.4 is 5.32 Å². The van der Waals surface area contributed by atoms with Gasteiger partial charge in [0.2, 0.25) is 0 Å². The molecular weight excluding hydrogens is 182 g/mol. The van der Waals surface area contributed by atoms with E-state index in [0.29, 0.717) is 25.5 Å². The van der Waals surface area contributed by atoms with E-state index in [-0.39, 0.29) is 6.10 Å². The van der Waals surface area contributed by atoms with E-state index in [1.54, 1.807) is 0 Å². The molecule has 0 radical (unpaired) electrons. The first-order valence-corrected chi connectivity index (χ1v) is 5.25. The first-order chi connectivity index (χ1) is 6.62. The standard InChI is InChI=1S/C10H17NO3/c1-7-6-10(9(12)13,4-5-14-7)11-8-2-3-8/h7-8,11H,2-6H2,1H3,(H,12,13). The Hall–Kier alpha value is -0.610. The number of ether oxygens (including phenoxy) is 1. The second kappa shape index (κ2) is 3.51. The number of carbonyl (C=O) groups is 1. The summed E-state index contributed by atoms with van der Waals surface area (Å²) in [5.74, 6) is -0.723. The van der Waals surface area contributed by atoms with Gasteiger partial charge in [0.05, 0.1) is 6.10 Å². The highest BCUT2D eigenvalue weighted by Crippen LogP contribution is 2.30. The number of carboxylic acid groups (broad SMARTS) is 1. The molecule has 2 fully saturated rings. The van der Waals surface area contributed by atoms with E-state index in [1.165, 1.54) is 0 Å². The fourth-order valence-electron chi connectivity index (χ4n) is 2.09. The fourth-order valence-corrected chi connectivity index (χ4v) is 2.09. The lowest BCUT2D eigenvalue weighted by Gasteiger charge is -2.37. The second-order valence-corrected chi connectivity index (χ2v) is 4.44. The van der Waals surface area contributed by atoms with Crippen LogP contribution >= 0.6 is 0 Å². The number of aliphatic carboxylic acids is 1. The van der Waals surface area contributed by atoms with Gasteiger partial charge < -0.3 is 9.84 Å². The third-order valence-corrected chi connectivity index (χ3v) is 3.03.